The van der Waals surface area contributed by atoms with E-state index in [1.165, 1.54) is 5.56 Å². The highest BCUT2D eigenvalue weighted by molar-refractivity contribution is 5.99. The summed E-state index contributed by atoms with van der Waals surface area (Å²) in [6.07, 6.45) is 5.60. The molecule has 0 fully saturated rings. The fourth-order valence-electron chi connectivity index (χ4n) is 2.35. The van der Waals surface area contributed by atoms with Gasteiger partial charge < -0.3 is 10.5 Å². The number of Topliss-reactive ketones (excluding diaryl/α,β-unsaturated/α-hetero) is 1. The van der Waals surface area contributed by atoms with Gasteiger partial charge in [0.15, 0.2) is 5.78 Å². The second kappa shape index (κ2) is 6.55. The van der Waals surface area contributed by atoms with E-state index >= 15 is 0 Å². The number of fused-ring (bicyclic) bond motifs is 1. The number of hydrogen-bond acceptors (Lipinski definition) is 3. The second-order valence-corrected chi connectivity index (χ2v) is 4.77. The van der Waals surface area contributed by atoms with E-state index < -0.39 is 0 Å². The minimum Gasteiger partial charge on any atom is -0.493 e. The number of unbranched alkanes of at least 4 members (excludes halogenated alkanes) is 2. The van der Waals surface area contributed by atoms with Crippen LogP contribution in [0.4, 0.5) is 0 Å². The largest absolute Gasteiger partial charge is 0.493 e. The molecule has 0 bridgehead atoms. The first-order valence-corrected chi connectivity index (χ1v) is 6.81. The summed E-state index contributed by atoms with van der Waals surface area (Å²) in [7, 11) is 0. The Bertz CT molecular complexity index is 415. The van der Waals surface area contributed by atoms with Gasteiger partial charge in [-0.05, 0) is 43.9 Å². The molecule has 0 saturated carbocycles. The standard InChI is InChI=1S/C15H21NO2/c16-10-3-1-2-9-14(17)13-8-4-6-12-7-5-11-18-15(12)13/h4,6,8H,1-3,5,7,9-11,16H2. The first kappa shape index (κ1) is 13.1. The van der Waals surface area contributed by atoms with Crippen molar-refractivity contribution < 1.29 is 9.53 Å². The smallest absolute Gasteiger partial charge is 0.166 e. The zero-order valence-electron chi connectivity index (χ0n) is 10.8. The molecule has 0 saturated heterocycles. The Morgan fingerprint density at radius 3 is 3.00 bits per heavy atom. The van der Waals surface area contributed by atoms with E-state index in [1.54, 1.807) is 0 Å². The van der Waals surface area contributed by atoms with E-state index in [1.807, 2.05) is 12.1 Å². The van der Waals surface area contributed by atoms with Crippen LogP contribution in [0.2, 0.25) is 0 Å². The number of carbonyl (C=O) groups is 1. The van der Waals surface area contributed by atoms with Crippen molar-refractivity contribution >= 4 is 5.78 Å². The first-order chi connectivity index (χ1) is 8.83. The van der Waals surface area contributed by atoms with Crippen molar-refractivity contribution in [2.75, 3.05) is 13.2 Å². The number of rotatable bonds is 6. The molecule has 1 aromatic rings. The molecule has 3 heteroatoms. The maximum absolute atomic E-state index is 12.2. The Hall–Kier alpha value is -1.35. The van der Waals surface area contributed by atoms with Crippen molar-refractivity contribution in [2.45, 2.75) is 38.5 Å². The fraction of sp³-hybridized carbons (Fsp3) is 0.533. The van der Waals surface area contributed by atoms with Crippen LogP contribution >= 0.6 is 0 Å². The molecule has 2 N–H and O–H groups in total. The van der Waals surface area contributed by atoms with Crippen LogP contribution in [-0.2, 0) is 6.42 Å². The summed E-state index contributed by atoms with van der Waals surface area (Å²) in [5.41, 5.74) is 7.38. The molecule has 1 aliphatic heterocycles. The molecule has 1 aliphatic rings. The van der Waals surface area contributed by atoms with E-state index in [-0.39, 0.29) is 5.78 Å². The lowest BCUT2D eigenvalue weighted by atomic mass is 9.98. The number of nitrogens with two attached hydrogens (primary N) is 1. The van der Waals surface area contributed by atoms with E-state index in [2.05, 4.69) is 6.07 Å². The predicted octanol–water partition coefficient (Wildman–Crippen LogP) is 2.71. The molecule has 18 heavy (non-hydrogen) atoms. The van der Waals surface area contributed by atoms with Crippen LogP contribution in [0, 0.1) is 0 Å². The fourth-order valence-corrected chi connectivity index (χ4v) is 2.35. The third-order valence-electron chi connectivity index (χ3n) is 3.34. The Morgan fingerprint density at radius 1 is 1.28 bits per heavy atom. The Morgan fingerprint density at radius 2 is 2.17 bits per heavy atom. The van der Waals surface area contributed by atoms with E-state index in [0.717, 1.165) is 50.0 Å². The maximum Gasteiger partial charge on any atom is 0.166 e. The number of hydrogen-bond donors (Lipinski definition) is 1. The van der Waals surface area contributed by atoms with Crippen molar-refractivity contribution in [3.8, 4) is 5.75 Å². The molecule has 0 aromatic heterocycles. The second-order valence-electron chi connectivity index (χ2n) is 4.77. The summed E-state index contributed by atoms with van der Waals surface area (Å²) >= 11 is 0. The quantitative estimate of drug-likeness (QED) is 0.621. The summed E-state index contributed by atoms with van der Waals surface area (Å²) in [6, 6.07) is 5.90. The molecule has 2 rings (SSSR count). The van der Waals surface area contributed by atoms with Gasteiger partial charge in [-0.3, -0.25) is 4.79 Å². The lowest BCUT2D eigenvalue weighted by molar-refractivity contribution is 0.0974. The predicted molar refractivity (Wildman–Crippen MR) is 72.1 cm³/mol. The van der Waals surface area contributed by atoms with Crippen molar-refractivity contribution in [3.05, 3.63) is 29.3 Å². The van der Waals surface area contributed by atoms with Gasteiger partial charge >= 0.3 is 0 Å². The summed E-state index contributed by atoms with van der Waals surface area (Å²) < 4.78 is 5.66. The van der Waals surface area contributed by atoms with Gasteiger partial charge in [0.25, 0.3) is 0 Å². The zero-order valence-corrected chi connectivity index (χ0v) is 10.8. The minimum absolute atomic E-state index is 0.200. The SMILES string of the molecule is NCCCCCC(=O)c1cccc2c1OCCC2. The van der Waals surface area contributed by atoms with Gasteiger partial charge in [0, 0.05) is 6.42 Å². The van der Waals surface area contributed by atoms with Gasteiger partial charge in [-0.15, -0.1) is 0 Å². The van der Waals surface area contributed by atoms with Gasteiger partial charge in [-0.2, -0.15) is 0 Å². The molecule has 0 spiro atoms. The molecule has 0 radical (unpaired) electrons. The molecule has 3 nitrogen and oxygen atoms in total. The normalized spacial score (nSPS) is 13.8. The van der Waals surface area contributed by atoms with Gasteiger partial charge in [-0.25, -0.2) is 0 Å². The molecular formula is C15H21NO2. The van der Waals surface area contributed by atoms with Gasteiger partial charge in [0.05, 0.1) is 12.2 Å². The summed E-state index contributed by atoms with van der Waals surface area (Å²) in [4.78, 5) is 12.2. The summed E-state index contributed by atoms with van der Waals surface area (Å²) in [5.74, 6) is 1.03. The van der Waals surface area contributed by atoms with Crippen LogP contribution in [0.1, 0.15) is 48.0 Å². The Balaban J connectivity index is 2.01. The molecule has 0 unspecified atom stereocenters. The minimum atomic E-state index is 0.200. The van der Waals surface area contributed by atoms with E-state index in [9.17, 15) is 4.79 Å². The topological polar surface area (TPSA) is 52.3 Å². The average Bonchev–Trinajstić information content (AvgIpc) is 2.43. The van der Waals surface area contributed by atoms with Gasteiger partial charge in [0.1, 0.15) is 5.75 Å². The molecule has 98 valence electrons. The van der Waals surface area contributed by atoms with Crippen molar-refractivity contribution in [2.24, 2.45) is 5.73 Å². The van der Waals surface area contributed by atoms with Crippen LogP contribution in [-0.4, -0.2) is 18.9 Å². The highest BCUT2D eigenvalue weighted by Gasteiger charge is 2.18. The number of aryl methyl sites for hydroxylation is 1. The van der Waals surface area contributed by atoms with Crippen LogP contribution in [0.3, 0.4) is 0 Å². The third-order valence-corrected chi connectivity index (χ3v) is 3.34. The van der Waals surface area contributed by atoms with Crippen LogP contribution < -0.4 is 10.5 Å². The number of ketones is 1. The highest BCUT2D eigenvalue weighted by Crippen LogP contribution is 2.30. The molecule has 0 atom stereocenters. The lowest BCUT2D eigenvalue weighted by Gasteiger charge is -2.19. The van der Waals surface area contributed by atoms with Gasteiger partial charge in [0.2, 0.25) is 0 Å². The zero-order chi connectivity index (χ0) is 12.8. The summed E-state index contributed by atoms with van der Waals surface area (Å²) in [5, 5.41) is 0. The molecule has 0 aliphatic carbocycles. The number of benzene rings is 1. The molecule has 1 aromatic carbocycles. The Labute approximate surface area is 108 Å². The van der Waals surface area contributed by atoms with Crippen LogP contribution in [0.15, 0.2) is 18.2 Å². The van der Waals surface area contributed by atoms with Crippen molar-refractivity contribution in [3.63, 3.8) is 0 Å². The maximum atomic E-state index is 12.2. The monoisotopic (exact) mass is 247 g/mol. The van der Waals surface area contributed by atoms with Crippen molar-refractivity contribution in [1.29, 1.82) is 0 Å². The highest BCUT2D eigenvalue weighted by atomic mass is 16.5. The third kappa shape index (κ3) is 3.10. The van der Waals surface area contributed by atoms with E-state index in [0.29, 0.717) is 13.0 Å². The number of para-hydroxylation sites is 1. The molecule has 1 heterocycles. The molecule has 0 amide bonds. The lowest BCUT2D eigenvalue weighted by Crippen LogP contribution is -2.13. The number of ether oxygens (including phenoxy) is 1. The van der Waals surface area contributed by atoms with Crippen LogP contribution in [0.5, 0.6) is 5.75 Å². The first-order valence-electron chi connectivity index (χ1n) is 6.81. The average molecular weight is 247 g/mol. The Kier molecular flexibility index (Phi) is 4.76. The van der Waals surface area contributed by atoms with Crippen molar-refractivity contribution in [1.82, 2.24) is 0 Å². The summed E-state index contributed by atoms with van der Waals surface area (Å²) in [6.45, 7) is 1.43. The van der Waals surface area contributed by atoms with E-state index in [4.69, 9.17) is 10.5 Å². The molecular weight excluding hydrogens is 226 g/mol. The van der Waals surface area contributed by atoms with Gasteiger partial charge in [-0.1, -0.05) is 18.6 Å². The van der Waals surface area contributed by atoms with Crippen LogP contribution in [0.25, 0.3) is 0 Å². The number of carbonyl (C=O) groups excluding carboxylic acids is 1.